The lowest BCUT2D eigenvalue weighted by atomic mass is 10.2. The molecule has 138 valence electrons. The fourth-order valence-electron chi connectivity index (χ4n) is 2.56. The maximum atomic E-state index is 12.2. The first-order valence-corrected chi connectivity index (χ1v) is 9.89. The number of hydrogen-bond donors (Lipinski definition) is 1. The van der Waals surface area contributed by atoms with Crippen molar-refractivity contribution in [1.82, 2.24) is 9.62 Å². The van der Waals surface area contributed by atoms with Gasteiger partial charge in [0.25, 0.3) is 5.91 Å². The van der Waals surface area contributed by atoms with Crippen molar-refractivity contribution < 1.29 is 22.7 Å². The summed E-state index contributed by atoms with van der Waals surface area (Å²) in [6, 6.07) is 3.72. The van der Waals surface area contributed by atoms with Gasteiger partial charge in [0.1, 0.15) is 0 Å². The van der Waals surface area contributed by atoms with Crippen LogP contribution in [-0.2, 0) is 19.6 Å². The minimum atomic E-state index is -3.72. The molecule has 0 radical (unpaired) electrons. The Kier molecular flexibility index (Phi) is 6.80. The van der Waals surface area contributed by atoms with Crippen LogP contribution in [0.15, 0.2) is 23.1 Å². The lowest BCUT2D eigenvalue weighted by Crippen LogP contribution is -2.35. The van der Waals surface area contributed by atoms with E-state index in [1.807, 2.05) is 0 Å². The molecule has 1 aromatic rings. The number of nitrogens with one attached hydrogen (secondary N) is 1. The number of rotatable bonds is 5. The lowest BCUT2D eigenvalue weighted by molar-refractivity contribution is -0.134. The van der Waals surface area contributed by atoms with Crippen LogP contribution >= 0.6 is 11.6 Å². The Morgan fingerprint density at radius 2 is 1.84 bits per heavy atom. The van der Waals surface area contributed by atoms with Gasteiger partial charge in [-0.15, -0.1) is 0 Å². The molecule has 25 heavy (non-hydrogen) atoms. The molecule has 7 nitrogen and oxygen atoms in total. The van der Waals surface area contributed by atoms with Gasteiger partial charge in [0.2, 0.25) is 10.0 Å². The molecule has 9 heteroatoms. The Hall–Kier alpha value is -1.64. The molecule has 0 saturated carbocycles. The summed E-state index contributed by atoms with van der Waals surface area (Å²) in [7, 11) is -2.45. The first-order chi connectivity index (χ1) is 11.8. The highest BCUT2D eigenvalue weighted by molar-refractivity contribution is 7.89. The molecule has 1 amide bonds. The average Bonchev–Trinajstić information content (AvgIpc) is 2.89. The molecule has 1 fully saturated rings. The van der Waals surface area contributed by atoms with Crippen molar-refractivity contribution in [2.75, 3.05) is 26.7 Å². The zero-order chi connectivity index (χ0) is 18.4. The number of nitrogens with zero attached hydrogens (tertiary/aromatic N) is 1. The van der Waals surface area contributed by atoms with Crippen LogP contribution in [0, 0.1) is 0 Å². The van der Waals surface area contributed by atoms with Crippen molar-refractivity contribution >= 4 is 33.5 Å². The summed E-state index contributed by atoms with van der Waals surface area (Å²) < 4.78 is 30.8. The summed E-state index contributed by atoms with van der Waals surface area (Å²) in [6.45, 7) is 0.929. The molecule has 0 bridgehead atoms. The van der Waals surface area contributed by atoms with E-state index in [2.05, 4.69) is 4.72 Å². The second-order valence-corrected chi connectivity index (χ2v) is 8.01. The third kappa shape index (κ3) is 5.17. The van der Waals surface area contributed by atoms with E-state index >= 15 is 0 Å². The molecule has 1 aliphatic heterocycles. The largest absolute Gasteiger partial charge is 0.452 e. The number of amides is 1. The molecular formula is C16H21ClN2O5S. The molecule has 1 N–H and O–H groups in total. The van der Waals surface area contributed by atoms with Crippen LogP contribution in [0.1, 0.15) is 36.0 Å². The van der Waals surface area contributed by atoms with Gasteiger partial charge in [-0.2, -0.15) is 0 Å². The van der Waals surface area contributed by atoms with E-state index in [-0.39, 0.29) is 21.4 Å². The molecule has 1 aliphatic rings. The zero-order valence-electron chi connectivity index (χ0n) is 14.0. The van der Waals surface area contributed by atoms with Gasteiger partial charge in [0.15, 0.2) is 6.61 Å². The predicted octanol–water partition coefficient (Wildman–Crippen LogP) is 1.81. The second-order valence-electron chi connectivity index (χ2n) is 5.72. The molecule has 2 rings (SSSR count). The minimum absolute atomic E-state index is 0.0577. The second kappa shape index (κ2) is 8.64. The van der Waals surface area contributed by atoms with Crippen LogP contribution in [0.5, 0.6) is 0 Å². The van der Waals surface area contributed by atoms with Gasteiger partial charge >= 0.3 is 5.97 Å². The number of ether oxygens (including phenoxy) is 1. The van der Waals surface area contributed by atoms with Gasteiger partial charge in [-0.25, -0.2) is 17.9 Å². The van der Waals surface area contributed by atoms with Crippen LogP contribution in [0.2, 0.25) is 5.02 Å². The summed E-state index contributed by atoms with van der Waals surface area (Å²) in [5.74, 6) is -1.09. The number of sulfonamides is 1. The third-order valence-electron chi connectivity index (χ3n) is 4.02. The van der Waals surface area contributed by atoms with E-state index in [1.165, 1.54) is 19.2 Å². The number of carbonyl (C=O) groups excluding carboxylic acids is 2. The first kappa shape index (κ1) is 19.7. The molecule has 0 aromatic heterocycles. The van der Waals surface area contributed by atoms with Gasteiger partial charge in [-0.05, 0) is 38.1 Å². The normalized spacial score (nSPS) is 15.5. The van der Waals surface area contributed by atoms with Crippen molar-refractivity contribution in [3.8, 4) is 0 Å². The fraction of sp³-hybridized carbons (Fsp3) is 0.500. The highest BCUT2D eigenvalue weighted by atomic mass is 35.5. The molecular weight excluding hydrogens is 368 g/mol. The van der Waals surface area contributed by atoms with Gasteiger partial charge in [0.05, 0.1) is 15.5 Å². The Bertz CT molecular complexity index is 743. The van der Waals surface area contributed by atoms with E-state index in [1.54, 1.807) is 4.90 Å². The molecule has 1 saturated heterocycles. The summed E-state index contributed by atoms with van der Waals surface area (Å²) in [4.78, 5) is 25.9. The standard InChI is InChI=1S/C16H21ClN2O5S/c1-18-25(22,23)12-6-7-14(17)13(10-12)16(21)24-11-15(20)19-8-4-2-3-5-9-19/h6-7,10,18H,2-5,8-9,11H2,1H3. The average molecular weight is 389 g/mol. The number of esters is 1. The monoisotopic (exact) mass is 388 g/mol. The smallest absolute Gasteiger partial charge is 0.340 e. The Balaban J connectivity index is 2.05. The fourth-order valence-corrected chi connectivity index (χ4v) is 3.51. The third-order valence-corrected chi connectivity index (χ3v) is 5.76. The van der Waals surface area contributed by atoms with Crippen LogP contribution in [0.4, 0.5) is 0 Å². The summed E-state index contributed by atoms with van der Waals surface area (Å²) in [5, 5.41) is 0.0577. The minimum Gasteiger partial charge on any atom is -0.452 e. The SMILES string of the molecule is CNS(=O)(=O)c1ccc(Cl)c(C(=O)OCC(=O)N2CCCCCC2)c1. The number of hydrogen-bond acceptors (Lipinski definition) is 5. The topological polar surface area (TPSA) is 92.8 Å². The Labute approximate surface area is 152 Å². The van der Waals surface area contributed by atoms with E-state index in [0.717, 1.165) is 31.7 Å². The number of halogens is 1. The van der Waals surface area contributed by atoms with Crippen LogP contribution < -0.4 is 4.72 Å². The maximum absolute atomic E-state index is 12.2. The van der Waals surface area contributed by atoms with Crippen molar-refractivity contribution in [3.05, 3.63) is 28.8 Å². The Morgan fingerprint density at radius 3 is 2.44 bits per heavy atom. The highest BCUT2D eigenvalue weighted by Gasteiger charge is 2.21. The summed E-state index contributed by atoms with van der Waals surface area (Å²) >= 11 is 5.96. The number of carbonyl (C=O) groups is 2. The van der Waals surface area contributed by atoms with Crippen LogP contribution in [-0.4, -0.2) is 51.9 Å². The zero-order valence-corrected chi connectivity index (χ0v) is 15.5. The van der Waals surface area contributed by atoms with E-state index in [9.17, 15) is 18.0 Å². The molecule has 0 aliphatic carbocycles. The van der Waals surface area contributed by atoms with E-state index in [0.29, 0.717) is 13.1 Å². The van der Waals surface area contributed by atoms with Gasteiger partial charge < -0.3 is 9.64 Å². The highest BCUT2D eigenvalue weighted by Crippen LogP contribution is 2.21. The van der Waals surface area contributed by atoms with E-state index < -0.39 is 22.6 Å². The predicted molar refractivity (Wildman–Crippen MR) is 93.0 cm³/mol. The maximum Gasteiger partial charge on any atom is 0.340 e. The lowest BCUT2D eigenvalue weighted by Gasteiger charge is -2.20. The number of likely N-dealkylation sites (tertiary alicyclic amines) is 1. The van der Waals surface area contributed by atoms with Gasteiger partial charge in [-0.1, -0.05) is 24.4 Å². The molecule has 0 unspecified atom stereocenters. The van der Waals surface area contributed by atoms with Crippen molar-refractivity contribution in [1.29, 1.82) is 0 Å². The Morgan fingerprint density at radius 1 is 1.20 bits per heavy atom. The van der Waals surface area contributed by atoms with Gasteiger partial charge in [-0.3, -0.25) is 4.79 Å². The number of benzene rings is 1. The molecule has 0 spiro atoms. The van der Waals surface area contributed by atoms with E-state index in [4.69, 9.17) is 16.3 Å². The van der Waals surface area contributed by atoms with Crippen LogP contribution in [0.3, 0.4) is 0 Å². The quantitative estimate of drug-likeness (QED) is 0.776. The summed E-state index contributed by atoms with van der Waals surface area (Å²) in [6.07, 6.45) is 4.06. The van der Waals surface area contributed by atoms with Crippen LogP contribution in [0.25, 0.3) is 0 Å². The van der Waals surface area contributed by atoms with Crippen molar-refractivity contribution in [3.63, 3.8) is 0 Å². The molecule has 1 aromatic carbocycles. The van der Waals surface area contributed by atoms with Gasteiger partial charge in [0, 0.05) is 13.1 Å². The first-order valence-electron chi connectivity index (χ1n) is 8.03. The molecule has 1 heterocycles. The van der Waals surface area contributed by atoms with Crippen molar-refractivity contribution in [2.45, 2.75) is 30.6 Å². The van der Waals surface area contributed by atoms with Crippen molar-refractivity contribution in [2.24, 2.45) is 0 Å². The summed E-state index contributed by atoms with van der Waals surface area (Å²) in [5.41, 5.74) is -0.0957. The molecule has 0 atom stereocenters.